The van der Waals surface area contributed by atoms with Crippen LogP contribution in [-0.4, -0.2) is 44.3 Å². The van der Waals surface area contributed by atoms with Crippen LogP contribution in [0.25, 0.3) is 0 Å². The molecule has 1 aliphatic rings. The van der Waals surface area contributed by atoms with Gasteiger partial charge in [-0.3, -0.25) is 4.99 Å². The van der Waals surface area contributed by atoms with Crippen LogP contribution in [0.15, 0.2) is 35.3 Å². The Kier molecular flexibility index (Phi) is 9.17. The number of aromatic nitrogens is 1. The van der Waals surface area contributed by atoms with Crippen molar-refractivity contribution < 1.29 is 4.74 Å². The number of hydrogen-bond acceptors (Lipinski definition) is 4. The van der Waals surface area contributed by atoms with Gasteiger partial charge in [-0.2, -0.15) is 0 Å². The highest BCUT2D eigenvalue weighted by atomic mass is 127. The lowest BCUT2D eigenvalue weighted by atomic mass is 9.74. The van der Waals surface area contributed by atoms with Gasteiger partial charge in [0.2, 0.25) is 0 Å². The maximum absolute atomic E-state index is 5.63. The van der Waals surface area contributed by atoms with Crippen molar-refractivity contribution in [1.29, 1.82) is 0 Å². The van der Waals surface area contributed by atoms with Gasteiger partial charge in [0, 0.05) is 50.1 Å². The number of nitrogens with one attached hydrogen (secondary N) is 2. The van der Waals surface area contributed by atoms with E-state index in [-0.39, 0.29) is 29.4 Å². The topological polar surface area (TPSA) is 58.5 Å². The lowest BCUT2D eigenvalue weighted by Crippen LogP contribution is -2.48. The Balaban J connectivity index is 0.00000280. The Hall–Kier alpha value is -1.19. The summed E-state index contributed by atoms with van der Waals surface area (Å²) in [6.45, 7) is 7.50. The number of nitrogens with zero attached hydrogens (tertiary/aromatic N) is 2. The van der Waals surface area contributed by atoms with Crippen molar-refractivity contribution in [3.63, 3.8) is 0 Å². The molecule has 2 aromatic rings. The van der Waals surface area contributed by atoms with Gasteiger partial charge in [0.25, 0.3) is 0 Å². The predicted molar refractivity (Wildman–Crippen MR) is 128 cm³/mol. The summed E-state index contributed by atoms with van der Waals surface area (Å²) >= 11 is 1.78. The van der Waals surface area contributed by atoms with Gasteiger partial charge in [0.1, 0.15) is 0 Å². The van der Waals surface area contributed by atoms with E-state index in [1.807, 2.05) is 7.05 Å². The summed E-state index contributed by atoms with van der Waals surface area (Å²) in [5.41, 5.74) is 2.62. The molecule has 0 spiro atoms. The summed E-state index contributed by atoms with van der Waals surface area (Å²) in [4.78, 5) is 10.3. The zero-order valence-electron chi connectivity index (χ0n) is 17.0. The van der Waals surface area contributed by atoms with Gasteiger partial charge in [-0.1, -0.05) is 30.3 Å². The number of benzene rings is 1. The number of hydrogen-bond donors (Lipinski definition) is 2. The van der Waals surface area contributed by atoms with E-state index in [1.165, 1.54) is 15.4 Å². The number of guanidine groups is 1. The van der Waals surface area contributed by atoms with Crippen LogP contribution in [0.4, 0.5) is 0 Å². The number of aliphatic imine (C=N–C) groups is 1. The monoisotopic (exact) mass is 514 g/mol. The third-order valence-electron chi connectivity index (χ3n) is 5.36. The predicted octanol–water partition coefficient (Wildman–Crippen LogP) is 3.83. The minimum Gasteiger partial charge on any atom is -0.381 e. The first-order valence-electron chi connectivity index (χ1n) is 9.64. The van der Waals surface area contributed by atoms with Crippen molar-refractivity contribution in [2.75, 3.05) is 33.4 Å². The molecular formula is C21H31IN4OS. The van der Waals surface area contributed by atoms with Gasteiger partial charge < -0.3 is 15.4 Å². The fourth-order valence-corrected chi connectivity index (χ4v) is 4.46. The molecule has 2 heterocycles. The molecule has 154 valence electrons. The second-order valence-electron chi connectivity index (χ2n) is 7.11. The second-order valence-corrected chi connectivity index (χ2v) is 8.40. The van der Waals surface area contributed by atoms with Crippen LogP contribution in [0.3, 0.4) is 0 Å². The fraction of sp³-hybridized carbons (Fsp3) is 0.524. The van der Waals surface area contributed by atoms with Gasteiger partial charge in [0.15, 0.2) is 5.96 Å². The van der Waals surface area contributed by atoms with Gasteiger partial charge in [-0.25, -0.2) is 4.98 Å². The minimum absolute atomic E-state index is 0. The molecule has 0 amide bonds. The summed E-state index contributed by atoms with van der Waals surface area (Å²) in [5, 5.41) is 8.16. The molecule has 1 aromatic heterocycles. The quantitative estimate of drug-likeness (QED) is 0.350. The average Bonchev–Trinajstić information content (AvgIpc) is 3.03. The smallest absolute Gasteiger partial charge is 0.191 e. The van der Waals surface area contributed by atoms with Crippen LogP contribution >= 0.6 is 35.3 Å². The van der Waals surface area contributed by atoms with Crippen molar-refractivity contribution in [3.05, 3.63) is 51.5 Å². The fourth-order valence-electron chi connectivity index (χ4n) is 3.53. The molecule has 2 N–H and O–H groups in total. The molecule has 0 saturated carbocycles. The van der Waals surface area contributed by atoms with E-state index < -0.39 is 0 Å². The first kappa shape index (κ1) is 23.1. The van der Waals surface area contributed by atoms with Crippen molar-refractivity contribution in [3.8, 4) is 0 Å². The van der Waals surface area contributed by atoms with Crippen LogP contribution in [0.2, 0.25) is 0 Å². The van der Waals surface area contributed by atoms with Crippen molar-refractivity contribution in [2.24, 2.45) is 4.99 Å². The standard InChI is InChI=1S/C21H30N4OS.HI/c1-16-17(2)27-19(25-16)9-12-23-20(22-3)24-15-21(10-13-26-14-11-21)18-7-5-4-6-8-18;/h4-8H,9-15H2,1-3H3,(H2,22,23,24);1H. The molecular weight excluding hydrogens is 483 g/mol. The molecule has 28 heavy (non-hydrogen) atoms. The number of halogens is 1. The van der Waals surface area contributed by atoms with Crippen molar-refractivity contribution in [2.45, 2.75) is 38.5 Å². The highest BCUT2D eigenvalue weighted by Gasteiger charge is 2.34. The van der Waals surface area contributed by atoms with E-state index >= 15 is 0 Å². The Morgan fingerprint density at radius 2 is 1.89 bits per heavy atom. The summed E-state index contributed by atoms with van der Waals surface area (Å²) in [7, 11) is 1.83. The molecule has 7 heteroatoms. The number of aryl methyl sites for hydroxylation is 2. The zero-order chi connectivity index (χ0) is 19.1. The Morgan fingerprint density at radius 3 is 2.50 bits per heavy atom. The molecule has 1 fully saturated rings. The third-order valence-corrected chi connectivity index (χ3v) is 6.49. The third kappa shape index (κ3) is 5.90. The van der Waals surface area contributed by atoms with Crippen LogP contribution in [0, 0.1) is 13.8 Å². The molecule has 1 aromatic carbocycles. The largest absolute Gasteiger partial charge is 0.381 e. The highest BCUT2D eigenvalue weighted by molar-refractivity contribution is 14.0. The van der Waals surface area contributed by atoms with Gasteiger partial charge in [0.05, 0.1) is 10.7 Å². The van der Waals surface area contributed by atoms with E-state index in [2.05, 4.69) is 64.8 Å². The molecule has 1 aliphatic heterocycles. The molecule has 5 nitrogen and oxygen atoms in total. The van der Waals surface area contributed by atoms with Crippen molar-refractivity contribution in [1.82, 2.24) is 15.6 Å². The number of thiazole rings is 1. The average molecular weight is 514 g/mol. The summed E-state index contributed by atoms with van der Waals surface area (Å²) in [5.74, 6) is 0.849. The Bertz CT molecular complexity index is 738. The van der Waals surface area contributed by atoms with E-state index in [0.29, 0.717) is 0 Å². The maximum Gasteiger partial charge on any atom is 0.191 e. The normalized spacial score (nSPS) is 16.3. The second kappa shape index (κ2) is 11.1. The highest BCUT2D eigenvalue weighted by Crippen LogP contribution is 2.34. The summed E-state index contributed by atoms with van der Waals surface area (Å²) in [6.07, 6.45) is 2.97. The number of ether oxygens (including phenoxy) is 1. The molecule has 0 atom stereocenters. The van der Waals surface area contributed by atoms with E-state index in [9.17, 15) is 0 Å². The van der Waals surface area contributed by atoms with E-state index in [4.69, 9.17) is 4.74 Å². The van der Waals surface area contributed by atoms with Gasteiger partial charge in [-0.15, -0.1) is 35.3 Å². The Labute approximate surface area is 189 Å². The summed E-state index contributed by atoms with van der Waals surface area (Å²) in [6, 6.07) is 10.8. The molecule has 0 aliphatic carbocycles. The molecule has 1 saturated heterocycles. The molecule has 0 bridgehead atoms. The van der Waals surface area contributed by atoms with E-state index in [0.717, 1.165) is 57.2 Å². The van der Waals surface area contributed by atoms with Crippen LogP contribution < -0.4 is 10.6 Å². The number of rotatable bonds is 6. The van der Waals surface area contributed by atoms with Gasteiger partial charge >= 0.3 is 0 Å². The van der Waals surface area contributed by atoms with E-state index in [1.54, 1.807) is 11.3 Å². The van der Waals surface area contributed by atoms with Crippen LogP contribution in [0.5, 0.6) is 0 Å². The lowest BCUT2D eigenvalue weighted by Gasteiger charge is -2.38. The molecule has 0 radical (unpaired) electrons. The first-order valence-corrected chi connectivity index (χ1v) is 10.5. The maximum atomic E-state index is 5.63. The first-order chi connectivity index (χ1) is 13.1. The van der Waals surface area contributed by atoms with Crippen molar-refractivity contribution >= 4 is 41.3 Å². The molecule has 3 rings (SSSR count). The molecule has 0 unspecified atom stereocenters. The SMILES string of the molecule is CN=C(NCCc1nc(C)c(C)s1)NCC1(c2ccccc2)CCOCC1.I. The zero-order valence-corrected chi connectivity index (χ0v) is 20.1. The van der Waals surface area contributed by atoms with Gasteiger partial charge in [-0.05, 0) is 32.3 Å². The Morgan fingerprint density at radius 1 is 1.18 bits per heavy atom. The van der Waals surface area contributed by atoms with Crippen LogP contribution in [-0.2, 0) is 16.6 Å². The minimum atomic E-state index is 0. The van der Waals surface area contributed by atoms with Crippen LogP contribution in [0.1, 0.15) is 34.0 Å². The lowest BCUT2D eigenvalue weighted by molar-refractivity contribution is 0.0514. The summed E-state index contributed by atoms with van der Waals surface area (Å²) < 4.78 is 5.63.